The highest BCUT2D eigenvalue weighted by Crippen LogP contribution is 2.35. The van der Waals surface area contributed by atoms with Gasteiger partial charge < -0.3 is 15.3 Å². The number of nitrogens with one attached hydrogen (secondary N) is 1. The first kappa shape index (κ1) is 11.0. The summed E-state index contributed by atoms with van der Waals surface area (Å²) in [6, 6.07) is 0.198. The SMILES string of the molecule is O=C(O)[C@@H]1CCCN1C(=O)C1CC2CCC1N2. The topological polar surface area (TPSA) is 69.6 Å². The average molecular weight is 238 g/mol. The van der Waals surface area contributed by atoms with Crippen LogP contribution in [0, 0.1) is 5.92 Å². The summed E-state index contributed by atoms with van der Waals surface area (Å²) in [6.45, 7) is 0.615. The van der Waals surface area contributed by atoms with Gasteiger partial charge in [0.2, 0.25) is 5.91 Å². The second-order valence-corrected chi connectivity index (χ2v) is 5.42. The van der Waals surface area contributed by atoms with Gasteiger partial charge in [0, 0.05) is 18.6 Å². The molecule has 4 atom stereocenters. The third-order valence-corrected chi connectivity index (χ3v) is 4.44. The standard InChI is InChI=1S/C12H18N2O3/c15-11(8-6-7-3-4-9(8)13-7)14-5-1-2-10(14)12(16)17/h7-10,13H,1-6H2,(H,16,17)/t7?,8?,9?,10-/m0/s1. The van der Waals surface area contributed by atoms with Crippen molar-refractivity contribution in [3.8, 4) is 0 Å². The Labute approximate surface area is 100 Å². The maximum Gasteiger partial charge on any atom is 0.326 e. The second kappa shape index (κ2) is 3.98. The minimum Gasteiger partial charge on any atom is -0.480 e. The van der Waals surface area contributed by atoms with Crippen LogP contribution in [0.1, 0.15) is 32.1 Å². The van der Waals surface area contributed by atoms with Gasteiger partial charge in [-0.3, -0.25) is 4.79 Å². The smallest absolute Gasteiger partial charge is 0.326 e. The average Bonchev–Trinajstić information content (AvgIpc) is 3.02. The lowest BCUT2D eigenvalue weighted by atomic mass is 9.88. The van der Waals surface area contributed by atoms with E-state index in [1.165, 1.54) is 0 Å². The van der Waals surface area contributed by atoms with Crippen molar-refractivity contribution in [1.82, 2.24) is 10.2 Å². The first-order valence-electron chi connectivity index (χ1n) is 6.46. The normalized spacial score (nSPS) is 39.9. The van der Waals surface area contributed by atoms with E-state index < -0.39 is 12.0 Å². The number of carbonyl (C=O) groups is 2. The van der Waals surface area contributed by atoms with Crippen LogP contribution in [0.25, 0.3) is 0 Å². The molecule has 0 spiro atoms. The van der Waals surface area contributed by atoms with Crippen LogP contribution in [-0.2, 0) is 9.59 Å². The van der Waals surface area contributed by atoms with E-state index in [1.54, 1.807) is 4.90 Å². The molecule has 5 heteroatoms. The third-order valence-electron chi connectivity index (χ3n) is 4.44. The summed E-state index contributed by atoms with van der Waals surface area (Å²) in [5, 5.41) is 12.5. The largest absolute Gasteiger partial charge is 0.480 e. The molecular formula is C12H18N2O3. The molecule has 2 N–H and O–H groups in total. The number of rotatable bonds is 2. The molecule has 3 unspecified atom stereocenters. The van der Waals surface area contributed by atoms with E-state index in [0.29, 0.717) is 25.0 Å². The Bertz CT molecular complexity index is 358. The molecule has 2 bridgehead atoms. The van der Waals surface area contributed by atoms with Crippen LogP contribution in [0.3, 0.4) is 0 Å². The Kier molecular flexibility index (Phi) is 2.58. The monoisotopic (exact) mass is 238 g/mol. The molecule has 3 heterocycles. The molecule has 3 aliphatic heterocycles. The number of fused-ring (bicyclic) bond motifs is 2. The molecular weight excluding hydrogens is 220 g/mol. The molecule has 3 rings (SSSR count). The zero-order valence-electron chi connectivity index (χ0n) is 9.76. The van der Waals surface area contributed by atoms with Crippen molar-refractivity contribution in [3.63, 3.8) is 0 Å². The Morgan fingerprint density at radius 2 is 2.06 bits per heavy atom. The summed E-state index contributed by atoms with van der Waals surface area (Å²) in [4.78, 5) is 25.0. The maximum absolute atomic E-state index is 12.4. The molecule has 1 amide bonds. The highest BCUT2D eigenvalue weighted by Gasteiger charge is 2.46. The molecule has 0 aliphatic carbocycles. The Morgan fingerprint density at radius 3 is 2.65 bits per heavy atom. The van der Waals surface area contributed by atoms with Crippen molar-refractivity contribution >= 4 is 11.9 Å². The first-order valence-corrected chi connectivity index (χ1v) is 6.46. The highest BCUT2D eigenvalue weighted by molar-refractivity contribution is 5.86. The van der Waals surface area contributed by atoms with E-state index in [2.05, 4.69) is 5.32 Å². The molecule has 5 nitrogen and oxygen atoms in total. The molecule has 0 aromatic heterocycles. The minimum absolute atomic E-state index is 0.0219. The molecule has 94 valence electrons. The number of amides is 1. The molecule has 0 aromatic rings. The number of nitrogens with zero attached hydrogens (tertiary/aromatic N) is 1. The summed E-state index contributed by atoms with van der Waals surface area (Å²) in [5.74, 6) is -0.768. The van der Waals surface area contributed by atoms with Gasteiger partial charge in [-0.15, -0.1) is 0 Å². The molecule has 3 aliphatic rings. The zero-order valence-corrected chi connectivity index (χ0v) is 9.76. The van der Waals surface area contributed by atoms with Crippen LogP contribution in [0.4, 0.5) is 0 Å². The number of carboxylic acid groups (broad SMARTS) is 1. The highest BCUT2D eigenvalue weighted by atomic mass is 16.4. The van der Waals surface area contributed by atoms with E-state index in [9.17, 15) is 9.59 Å². The van der Waals surface area contributed by atoms with Crippen molar-refractivity contribution in [1.29, 1.82) is 0 Å². The van der Waals surface area contributed by atoms with Gasteiger partial charge in [0.15, 0.2) is 0 Å². The predicted octanol–water partition coefficient (Wildman–Crippen LogP) is 0.202. The number of hydrogen-bond donors (Lipinski definition) is 2. The van der Waals surface area contributed by atoms with Crippen molar-refractivity contribution in [3.05, 3.63) is 0 Å². The Morgan fingerprint density at radius 1 is 1.24 bits per heavy atom. The van der Waals surface area contributed by atoms with Crippen molar-refractivity contribution in [2.75, 3.05) is 6.54 Å². The van der Waals surface area contributed by atoms with E-state index in [4.69, 9.17) is 5.11 Å². The van der Waals surface area contributed by atoms with Crippen LogP contribution >= 0.6 is 0 Å². The van der Waals surface area contributed by atoms with Crippen molar-refractivity contribution in [2.45, 2.75) is 50.2 Å². The van der Waals surface area contributed by atoms with Crippen LogP contribution < -0.4 is 5.32 Å². The predicted molar refractivity (Wildman–Crippen MR) is 60.4 cm³/mol. The summed E-state index contributed by atoms with van der Waals surface area (Å²) in [7, 11) is 0. The van der Waals surface area contributed by atoms with Gasteiger partial charge >= 0.3 is 5.97 Å². The number of carboxylic acids is 1. The molecule has 0 aromatic carbocycles. The van der Waals surface area contributed by atoms with Crippen molar-refractivity contribution < 1.29 is 14.7 Å². The van der Waals surface area contributed by atoms with Gasteiger partial charge in [0.25, 0.3) is 0 Å². The van der Waals surface area contributed by atoms with Gasteiger partial charge in [-0.25, -0.2) is 4.79 Å². The van der Waals surface area contributed by atoms with Crippen LogP contribution in [-0.4, -0.2) is 46.6 Å². The second-order valence-electron chi connectivity index (χ2n) is 5.42. The lowest BCUT2D eigenvalue weighted by Gasteiger charge is -2.28. The molecule has 17 heavy (non-hydrogen) atoms. The Balaban J connectivity index is 1.71. The van der Waals surface area contributed by atoms with E-state index >= 15 is 0 Å². The lowest BCUT2D eigenvalue weighted by molar-refractivity contribution is -0.150. The van der Waals surface area contributed by atoms with Gasteiger partial charge in [0.1, 0.15) is 6.04 Å². The van der Waals surface area contributed by atoms with Gasteiger partial charge in [0.05, 0.1) is 5.92 Å². The fraction of sp³-hybridized carbons (Fsp3) is 0.833. The fourth-order valence-electron chi connectivity index (χ4n) is 3.60. The Hall–Kier alpha value is -1.10. The number of hydrogen-bond acceptors (Lipinski definition) is 3. The van der Waals surface area contributed by atoms with Crippen LogP contribution in [0.2, 0.25) is 0 Å². The van der Waals surface area contributed by atoms with Gasteiger partial charge in [-0.05, 0) is 32.1 Å². The maximum atomic E-state index is 12.4. The van der Waals surface area contributed by atoms with Crippen LogP contribution in [0.5, 0.6) is 0 Å². The summed E-state index contributed by atoms with van der Waals surface area (Å²) >= 11 is 0. The van der Waals surface area contributed by atoms with Gasteiger partial charge in [-0.1, -0.05) is 0 Å². The summed E-state index contributed by atoms with van der Waals surface area (Å²) in [5.41, 5.74) is 0. The summed E-state index contributed by atoms with van der Waals surface area (Å²) in [6.07, 6.45) is 4.54. The lowest BCUT2D eigenvalue weighted by Crippen LogP contribution is -2.46. The zero-order chi connectivity index (χ0) is 12.0. The van der Waals surface area contributed by atoms with Crippen molar-refractivity contribution in [2.24, 2.45) is 5.92 Å². The number of aliphatic carboxylic acids is 1. The minimum atomic E-state index is -0.855. The quantitative estimate of drug-likeness (QED) is 0.721. The molecule has 0 radical (unpaired) electrons. The fourth-order valence-corrected chi connectivity index (χ4v) is 3.60. The third kappa shape index (κ3) is 1.73. The molecule has 0 saturated carbocycles. The van der Waals surface area contributed by atoms with E-state index in [-0.39, 0.29) is 11.8 Å². The van der Waals surface area contributed by atoms with E-state index in [1.807, 2.05) is 0 Å². The number of likely N-dealkylation sites (tertiary alicyclic amines) is 1. The first-order chi connectivity index (χ1) is 8.16. The van der Waals surface area contributed by atoms with Gasteiger partial charge in [-0.2, -0.15) is 0 Å². The molecule has 3 fully saturated rings. The summed E-state index contributed by atoms with van der Waals surface area (Å²) < 4.78 is 0. The molecule has 3 saturated heterocycles. The number of carbonyl (C=O) groups excluding carboxylic acids is 1. The van der Waals surface area contributed by atoms with E-state index in [0.717, 1.165) is 25.7 Å². The van der Waals surface area contributed by atoms with Crippen LogP contribution in [0.15, 0.2) is 0 Å².